The third-order valence-corrected chi connectivity index (χ3v) is 7.00. The van der Waals surface area contributed by atoms with E-state index in [4.69, 9.17) is 10.9 Å². The summed E-state index contributed by atoms with van der Waals surface area (Å²) < 4.78 is 38.1. The Morgan fingerprint density at radius 3 is 2.56 bits per heavy atom. The highest BCUT2D eigenvalue weighted by Crippen LogP contribution is 2.32. The second-order valence-electron chi connectivity index (χ2n) is 8.25. The first-order valence-electron chi connectivity index (χ1n) is 10.8. The molecular weight excluding hydrogens is 483 g/mol. The predicted molar refractivity (Wildman–Crippen MR) is 136 cm³/mol. The van der Waals surface area contributed by atoms with Crippen LogP contribution >= 0.6 is 0 Å². The minimum atomic E-state index is -3.58. The van der Waals surface area contributed by atoms with Crippen LogP contribution in [0.2, 0.25) is 0 Å². The first-order chi connectivity index (χ1) is 17.1. The van der Waals surface area contributed by atoms with Crippen LogP contribution < -0.4 is 11.1 Å². The zero-order valence-electron chi connectivity index (χ0n) is 19.5. The smallest absolute Gasteiger partial charge is 0.257 e. The van der Waals surface area contributed by atoms with E-state index >= 15 is 0 Å². The number of carbonyl (C=O) groups excluding carboxylic acids is 1. The number of aromatic nitrogens is 1. The van der Waals surface area contributed by atoms with Gasteiger partial charge >= 0.3 is 0 Å². The predicted octanol–water partition coefficient (Wildman–Crippen LogP) is 4.39. The van der Waals surface area contributed by atoms with E-state index in [0.29, 0.717) is 51.5 Å². The molecule has 1 aliphatic rings. The summed E-state index contributed by atoms with van der Waals surface area (Å²) in [6.45, 7) is 1.76. The standard InChI is InChI=1S/C26H23FN4O4S/c1-15-19(10-11-22(31-33)24(15)28)25-20(4-3-13-29-25)26(32)30-18-8-5-16(6-9-18)21-14-17(27)7-12-23(21)36(2,34)35/h3-10,12-14,33H,11,28H2,1-2H3,(H,30,32). The number of hydrogen-bond donors (Lipinski definition) is 3. The van der Waals surface area contributed by atoms with Gasteiger partial charge in [-0.1, -0.05) is 23.4 Å². The summed E-state index contributed by atoms with van der Waals surface area (Å²) in [7, 11) is -3.58. The van der Waals surface area contributed by atoms with Crippen molar-refractivity contribution in [2.24, 2.45) is 10.9 Å². The molecule has 0 spiro atoms. The number of halogens is 1. The quantitative estimate of drug-likeness (QED) is 0.267. The summed E-state index contributed by atoms with van der Waals surface area (Å²) in [6, 6.07) is 13.2. The average Bonchev–Trinajstić information content (AvgIpc) is 2.85. The number of allylic oxidation sites excluding steroid dienone is 4. The molecule has 0 atom stereocenters. The number of hydrogen-bond acceptors (Lipinski definition) is 7. The molecular formula is C26H23FN4O4S. The maximum atomic E-state index is 13.9. The van der Waals surface area contributed by atoms with Crippen molar-refractivity contribution in [3.05, 3.63) is 95.2 Å². The number of benzene rings is 2. The molecule has 1 aromatic heterocycles. The summed E-state index contributed by atoms with van der Waals surface area (Å²) >= 11 is 0. The van der Waals surface area contributed by atoms with Gasteiger partial charge in [-0.3, -0.25) is 9.78 Å². The molecule has 1 aliphatic carbocycles. The normalized spacial score (nSPS) is 15.1. The van der Waals surface area contributed by atoms with Crippen LogP contribution in [0.3, 0.4) is 0 Å². The van der Waals surface area contributed by atoms with Gasteiger partial charge in [0, 0.05) is 35.7 Å². The third kappa shape index (κ3) is 4.89. The summed E-state index contributed by atoms with van der Waals surface area (Å²) in [5.41, 5.74) is 9.98. The van der Waals surface area contributed by atoms with Gasteiger partial charge in [-0.2, -0.15) is 0 Å². The molecule has 184 valence electrons. The van der Waals surface area contributed by atoms with Crippen molar-refractivity contribution < 1.29 is 22.8 Å². The number of anilines is 1. The molecule has 0 aliphatic heterocycles. The van der Waals surface area contributed by atoms with Gasteiger partial charge in [0.25, 0.3) is 5.91 Å². The number of nitrogens with one attached hydrogen (secondary N) is 1. The van der Waals surface area contributed by atoms with Gasteiger partial charge in [0.05, 0.1) is 21.8 Å². The lowest BCUT2D eigenvalue weighted by Crippen LogP contribution is -2.20. The molecule has 0 unspecified atom stereocenters. The lowest BCUT2D eigenvalue weighted by atomic mass is 9.90. The Kier molecular flexibility index (Phi) is 6.71. The summed E-state index contributed by atoms with van der Waals surface area (Å²) in [6.07, 6.45) is 4.73. The number of rotatable bonds is 5. The van der Waals surface area contributed by atoms with Gasteiger partial charge in [-0.25, -0.2) is 12.8 Å². The lowest BCUT2D eigenvalue weighted by Gasteiger charge is -2.19. The van der Waals surface area contributed by atoms with Crippen LogP contribution in [0, 0.1) is 5.82 Å². The number of carbonyl (C=O) groups is 1. The minimum absolute atomic E-state index is 0.0125. The monoisotopic (exact) mass is 506 g/mol. The summed E-state index contributed by atoms with van der Waals surface area (Å²) in [4.78, 5) is 17.5. The first-order valence-corrected chi connectivity index (χ1v) is 12.7. The Labute approximate surface area is 207 Å². The second-order valence-corrected chi connectivity index (χ2v) is 10.2. The van der Waals surface area contributed by atoms with Crippen LogP contribution in [0.15, 0.2) is 88.2 Å². The van der Waals surface area contributed by atoms with Crippen molar-refractivity contribution in [1.29, 1.82) is 0 Å². The Morgan fingerprint density at radius 1 is 1.17 bits per heavy atom. The number of amides is 1. The highest BCUT2D eigenvalue weighted by Gasteiger charge is 2.23. The fourth-order valence-electron chi connectivity index (χ4n) is 3.98. The first kappa shape index (κ1) is 24.8. The van der Waals surface area contributed by atoms with E-state index in [1.54, 1.807) is 55.6 Å². The Balaban J connectivity index is 1.62. The zero-order chi connectivity index (χ0) is 26.0. The SMILES string of the molecule is CC1=C(N)C(=NO)CC=C1c1ncccc1C(=O)Nc1ccc(-c2cc(F)ccc2S(C)(=O)=O)cc1. The Bertz CT molecular complexity index is 1560. The van der Waals surface area contributed by atoms with Gasteiger partial charge in [-0.05, 0) is 60.5 Å². The number of nitrogens with two attached hydrogens (primary N) is 1. The van der Waals surface area contributed by atoms with Gasteiger partial charge < -0.3 is 16.3 Å². The number of sulfone groups is 1. The largest absolute Gasteiger partial charge is 0.411 e. The van der Waals surface area contributed by atoms with Crippen molar-refractivity contribution in [2.75, 3.05) is 11.6 Å². The topological polar surface area (TPSA) is 135 Å². The van der Waals surface area contributed by atoms with Crippen molar-refractivity contribution >= 4 is 32.7 Å². The Morgan fingerprint density at radius 2 is 1.89 bits per heavy atom. The van der Waals surface area contributed by atoms with E-state index in [9.17, 15) is 17.6 Å². The lowest BCUT2D eigenvalue weighted by molar-refractivity contribution is 0.102. The van der Waals surface area contributed by atoms with Crippen molar-refractivity contribution in [3.63, 3.8) is 0 Å². The van der Waals surface area contributed by atoms with Crippen molar-refractivity contribution in [2.45, 2.75) is 18.2 Å². The molecule has 1 heterocycles. The molecule has 10 heteroatoms. The van der Waals surface area contributed by atoms with E-state index in [0.717, 1.165) is 18.4 Å². The highest BCUT2D eigenvalue weighted by molar-refractivity contribution is 7.90. The summed E-state index contributed by atoms with van der Waals surface area (Å²) in [5, 5.41) is 15.1. The van der Waals surface area contributed by atoms with Crippen LogP contribution in [0.1, 0.15) is 29.4 Å². The van der Waals surface area contributed by atoms with Gasteiger partial charge in [0.2, 0.25) is 0 Å². The number of nitrogens with zero attached hydrogens (tertiary/aromatic N) is 2. The molecule has 2 aromatic carbocycles. The van der Waals surface area contributed by atoms with Gasteiger partial charge in [-0.15, -0.1) is 0 Å². The molecule has 36 heavy (non-hydrogen) atoms. The van der Waals surface area contributed by atoms with E-state index in [1.165, 1.54) is 6.07 Å². The van der Waals surface area contributed by atoms with Crippen molar-refractivity contribution in [1.82, 2.24) is 4.98 Å². The highest BCUT2D eigenvalue weighted by atomic mass is 32.2. The minimum Gasteiger partial charge on any atom is -0.411 e. The Hall–Kier alpha value is -4.31. The van der Waals surface area contributed by atoms with Crippen LogP contribution in [0.5, 0.6) is 0 Å². The average molecular weight is 507 g/mol. The van der Waals surface area contributed by atoms with Crippen LogP contribution in [0.25, 0.3) is 16.7 Å². The molecule has 3 aromatic rings. The van der Waals surface area contributed by atoms with Crippen LogP contribution in [-0.2, 0) is 9.84 Å². The number of pyridine rings is 1. The summed E-state index contributed by atoms with van der Waals surface area (Å²) in [5.74, 6) is -0.972. The third-order valence-electron chi connectivity index (χ3n) is 5.84. The maximum Gasteiger partial charge on any atom is 0.257 e. The van der Waals surface area contributed by atoms with E-state index < -0.39 is 21.6 Å². The van der Waals surface area contributed by atoms with Gasteiger partial charge in [0.15, 0.2) is 9.84 Å². The molecule has 0 radical (unpaired) electrons. The molecule has 4 rings (SSSR count). The van der Waals surface area contributed by atoms with Crippen LogP contribution in [-0.4, -0.2) is 36.5 Å². The van der Waals surface area contributed by atoms with E-state index in [2.05, 4.69) is 15.5 Å². The maximum absolute atomic E-state index is 13.9. The molecule has 4 N–H and O–H groups in total. The van der Waals surface area contributed by atoms with Gasteiger partial charge in [0.1, 0.15) is 11.5 Å². The fraction of sp³-hybridized carbons (Fsp3) is 0.115. The molecule has 0 saturated heterocycles. The molecule has 0 saturated carbocycles. The molecule has 0 fully saturated rings. The fourth-order valence-corrected chi connectivity index (χ4v) is 4.87. The molecule has 1 amide bonds. The van der Waals surface area contributed by atoms with E-state index in [1.807, 2.05) is 0 Å². The van der Waals surface area contributed by atoms with E-state index in [-0.39, 0.29) is 10.5 Å². The molecule has 8 nitrogen and oxygen atoms in total. The number of oxime groups is 1. The zero-order valence-corrected chi connectivity index (χ0v) is 20.3. The molecule has 0 bridgehead atoms. The van der Waals surface area contributed by atoms with Crippen molar-refractivity contribution in [3.8, 4) is 11.1 Å². The van der Waals surface area contributed by atoms with Crippen LogP contribution in [0.4, 0.5) is 10.1 Å². The second kappa shape index (κ2) is 9.74.